The molecular formula is C12H13F2N3O2. The molecule has 0 amide bonds. The van der Waals surface area contributed by atoms with Gasteiger partial charge in [0.2, 0.25) is 0 Å². The molecule has 0 aliphatic heterocycles. The molecule has 2 N–H and O–H groups in total. The summed E-state index contributed by atoms with van der Waals surface area (Å²) >= 11 is 0. The summed E-state index contributed by atoms with van der Waals surface area (Å²) in [7, 11) is 0. The van der Waals surface area contributed by atoms with Gasteiger partial charge in [-0.05, 0) is 24.6 Å². The third kappa shape index (κ3) is 2.77. The van der Waals surface area contributed by atoms with E-state index in [9.17, 15) is 13.9 Å². The van der Waals surface area contributed by atoms with Gasteiger partial charge in [0.15, 0.2) is 11.6 Å². The van der Waals surface area contributed by atoms with Gasteiger partial charge in [0.1, 0.15) is 5.69 Å². The predicted octanol–water partition coefficient (Wildman–Crippen LogP) is 1.10. The lowest BCUT2D eigenvalue weighted by Crippen LogP contribution is -2.05. The van der Waals surface area contributed by atoms with Gasteiger partial charge in [0.25, 0.3) is 0 Å². The molecule has 0 spiro atoms. The Bertz CT molecular complexity index is 572. The maximum absolute atomic E-state index is 13.3. The fraction of sp³-hybridized carbons (Fsp3) is 0.333. The number of aliphatic hydroxyl groups excluding tert-OH is 2. The fourth-order valence-corrected chi connectivity index (χ4v) is 1.79. The van der Waals surface area contributed by atoms with Gasteiger partial charge in [0, 0.05) is 18.7 Å². The second-order valence-electron chi connectivity index (χ2n) is 3.97. The number of aliphatic hydroxyl groups is 2. The normalized spacial score (nSPS) is 10.9. The SMILES string of the molecule is OCCCn1nnc(CO)c1-c1ccc(F)c(F)c1. The molecule has 0 aliphatic carbocycles. The zero-order chi connectivity index (χ0) is 13.8. The van der Waals surface area contributed by atoms with Crippen LogP contribution in [-0.4, -0.2) is 31.8 Å². The molecule has 2 aromatic rings. The first-order valence-corrected chi connectivity index (χ1v) is 5.77. The number of benzene rings is 1. The maximum Gasteiger partial charge on any atom is 0.159 e. The van der Waals surface area contributed by atoms with Crippen LogP contribution in [0.25, 0.3) is 11.3 Å². The van der Waals surface area contributed by atoms with Crippen molar-refractivity contribution >= 4 is 0 Å². The monoisotopic (exact) mass is 269 g/mol. The van der Waals surface area contributed by atoms with E-state index in [0.29, 0.717) is 24.2 Å². The third-order valence-corrected chi connectivity index (χ3v) is 2.68. The summed E-state index contributed by atoms with van der Waals surface area (Å²) in [6, 6.07) is 3.43. The minimum Gasteiger partial charge on any atom is -0.396 e. The highest BCUT2D eigenvalue weighted by molar-refractivity contribution is 5.61. The van der Waals surface area contributed by atoms with Crippen LogP contribution >= 0.6 is 0 Å². The number of halogens is 2. The molecule has 2 rings (SSSR count). The molecule has 0 atom stereocenters. The van der Waals surface area contributed by atoms with Crippen LogP contribution in [0.4, 0.5) is 8.78 Å². The fourth-order valence-electron chi connectivity index (χ4n) is 1.79. The first-order chi connectivity index (χ1) is 9.17. The Balaban J connectivity index is 2.45. The lowest BCUT2D eigenvalue weighted by atomic mass is 10.1. The summed E-state index contributed by atoms with van der Waals surface area (Å²) in [5, 5.41) is 25.6. The number of hydrogen-bond donors (Lipinski definition) is 2. The highest BCUT2D eigenvalue weighted by atomic mass is 19.2. The molecular weight excluding hydrogens is 256 g/mol. The number of hydrogen-bond acceptors (Lipinski definition) is 4. The van der Waals surface area contributed by atoms with Gasteiger partial charge in [-0.15, -0.1) is 5.10 Å². The Morgan fingerprint density at radius 3 is 2.58 bits per heavy atom. The first-order valence-electron chi connectivity index (χ1n) is 5.77. The molecule has 0 saturated carbocycles. The van der Waals surface area contributed by atoms with Crippen molar-refractivity contribution in [2.24, 2.45) is 0 Å². The van der Waals surface area contributed by atoms with Crippen LogP contribution in [0.2, 0.25) is 0 Å². The van der Waals surface area contributed by atoms with Crippen molar-refractivity contribution in [2.75, 3.05) is 6.61 Å². The Morgan fingerprint density at radius 1 is 1.16 bits per heavy atom. The Labute approximate surface area is 108 Å². The van der Waals surface area contributed by atoms with E-state index < -0.39 is 11.6 Å². The summed E-state index contributed by atoms with van der Waals surface area (Å²) < 4.78 is 27.6. The lowest BCUT2D eigenvalue weighted by Gasteiger charge is -2.07. The topological polar surface area (TPSA) is 71.2 Å². The highest BCUT2D eigenvalue weighted by Gasteiger charge is 2.15. The number of aryl methyl sites for hydroxylation is 1. The highest BCUT2D eigenvalue weighted by Crippen LogP contribution is 2.24. The van der Waals surface area contributed by atoms with Crippen LogP contribution in [-0.2, 0) is 13.2 Å². The van der Waals surface area contributed by atoms with E-state index in [4.69, 9.17) is 5.11 Å². The third-order valence-electron chi connectivity index (χ3n) is 2.68. The van der Waals surface area contributed by atoms with Crippen LogP contribution in [0.15, 0.2) is 18.2 Å². The van der Waals surface area contributed by atoms with Crippen molar-refractivity contribution in [3.63, 3.8) is 0 Å². The summed E-state index contributed by atoms with van der Waals surface area (Å²) in [6.07, 6.45) is 0.449. The summed E-state index contributed by atoms with van der Waals surface area (Å²) in [5.74, 6) is -1.92. The zero-order valence-electron chi connectivity index (χ0n) is 10.1. The average molecular weight is 269 g/mol. The van der Waals surface area contributed by atoms with Crippen molar-refractivity contribution < 1.29 is 19.0 Å². The molecule has 0 radical (unpaired) electrons. The molecule has 0 unspecified atom stereocenters. The van der Waals surface area contributed by atoms with Crippen LogP contribution < -0.4 is 0 Å². The average Bonchev–Trinajstić information content (AvgIpc) is 2.82. The second-order valence-corrected chi connectivity index (χ2v) is 3.97. The van der Waals surface area contributed by atoms with Gasteiger partial charge >= 0.3 is 0 Å². The molecule has 5 nitrogen and oxygen atoms in total. The zero-order valence-corrected chi connectivity index (χ0v) is 10.1. The van der Waals surface area contributed by atoms with E-state index in [-0.39, 0.29) is 18.9 Å². The van der Waals surface area contributed by atoms with Crippen molar-refractivity contribution in [2.45, 2.75) is 19.6 Å². The minimum atomic E-state index is -0.976. The lowest BCUT2D eigenvalue weighted by molar-refractivity contribution is 0.276. The van der Waals surface area contributed by atoms with E-state index in [1.807, 2.05) is 0 Å². The maximum atomic E-state index is 13.3. The van der Waals surface area contributed by atoms with Gasteiger partial charge in [-0.25, -0.2) is 13.5 Å². The molecule has 0 bridgehead atoms. The van der Waals surface area contributed by atoms with E-state index in [1.54, 1.807) is 0 Å². The Kier molecular flexibility index (Phi) is 4.18. The molecule has 1 heterocycles. The molecule has 19 heavy (non-hydrogen) atoms. The molecule has 7 heteroatoms. The van der Waals surface area contributed by atoms with Gasteiger partial charge in [-0.1, -0.05) is 5.21 Å². The van der Waals surface area contributed by atoms with Crippen LogP contribution in [0.5, 0.6) is 0 Å². The van der Waals surface area contributed by atoms with Gasteiger partial charge < -0.3 is 10.2 Å². The molecule has 1 aromatic carbocycles. The van der Waals surface area contributed by atoms with Gasteiger partial charge in [-0.3, -0.25) is 0 Å². The van der Waals surface area contributed by atoms with E-state index in [1.165, 1.54) is 10.7 Å². The minimum absolute atomic E-state index is 0.0223. The predicted molar refractivity (Wildman–Crippen MR) is 63.0 cm³/mol. The van der Waals surface area contributed by atoms with E-state index >= 15 is 0 Å². The van der Waals surface area contributed by atoms with Crippen molar-refractivity contribution in [1.82, 2.24) is 15.0 Å². The van der Waals surface area contributed by atoms with E-state index in [0.717, 1.165) is 12.1 Å². The summed E-state index contributed by atoms with van der Waals surface area (Å²) in [5.41, 5.74) is 1.09. The van der Waals surface area contributed by atoms with Crippen LogP contribution in [0.1, 0.15) is 12.1 Å². The Morgan fingerprint density at radius 2 is 1.95 bits per heavy atom. The number of nitrogens with zero attached hydrogens (tertiary/aromatic N) is 3. The number of rotatable bonds is 5. The van der Waals surface area contributed by atoms with Gasteiger partial charge in [0.05, 0.1) is 12.3 Å². The standard InChI is InChI=1S/C12H13F2N3O2/c13-9-3-2-8(6-10(9)14)12-11(7-19)15-16-17(12)4-1-5-18/h2-3,6,18-19H,1,4-5,7H2. The molecule has 0 aliphatic rings. The van der Waals surface area contributed by atoms with Crippen molar-refractivity contribution in [3.05, 3.63) is 35.5 Å². The van der Waals surface area contributed by atoms with Gasteiger partial charge in [-0.2, -0.15) is 0 Å². The van der Waals surface area contributed by atoms with Crippen LogP contribution in [0, 0.1) is 11.6 Å². The molecule has 102 valence electrons. The smallest absolute Gasteiger partial charge is 0.159 e. The van der Waals surface area contributed by atoms with Crippen molar-refractivity contribution in [1.29, 1.82) is 0 Å². The first kappa shape index (κ1) is 13.6. The molecule has 0 saturated heterocycles. The molecule has 0 fully saturated rings. The summed E-state index contributed by atoms with van der Waals surface area (Å²) in [6.45, 7) is -0.00315. The summed E-state index contributed by atoms with van der Waals surface area (Å²) in [4.78, 5) is 0. The largest absolute Gasteiger partial charge is 0.396 e. The molecule has 1 aromatic heterocycles. The second kappa shape index (κ2) is 5.85. The van der Waals surface area contributed by atoms with E-state index in [2.05, 4.69) is 10.3 Å². The number of aromatic nitrogens is 3. The quantitative estimate of drug-likeness (QED) is 0.852. The van der Waals surface area contributed by atoms with Crippen molar-refractivity contribution in [3.8, 4) is 11.3 Å². The Hall–Kier alpha value is -1.86. The van der Waals surface area contributed by atoms with Crippen LogP contribution in [0.3, 0.4) is 0 Å².